The molecule has 0 aromatic heterocycles. The minimum absolute atomic E-state index is 0.0419. The van der Waals surface area contributed by atoms with Crippen LogP contribution in [-0.2, 0) is 4.74 Å². The van der Waals surface area contributed by atoms with Crippen molar-refractivity contribution in [2.24, 2.45) is 0 Å². The Labute approximate surface area is 148 Å². The molecule has 2 nitrogen and oxygen atoms in total. The van der Waals surface area contributed by atoms with E-state index in [-0.39, 0.29) is 12.1 Å². The smallest absolute Gasteiger partial charge is 0.338 e. The van der Waals surface area contributed by atoms with E-state index in [1.165, 1.54) is 51.4 Å². The molecule has 0 unspecified atom stereocenters. The second kappa shape index (κ2) is 13.8. The van der Waals surface area contributed by atoms with Crippen LogP contribution in [0.25, 0.3) is 0 Å². The molecule has 1 aromatic rings. The first-order chi connectivity index (χ1) is 11.8. The van der Waals surface area contributed by atoms with Gasteiger partial charge in [0.05, 0.1) is 5.56 Å². The first-order valence-electron chi connectivity index (χ1n) is 9.64. The fourth-order valence-corrected chi connectivity index (χ4v) is 2.89. The van der Waals surface area contributed by atoms with Crippen molar-refractivity contribution < 1.29 is 9.53 Å². The first-order valence-corrected chi connectivity index (χ1v) is 9.64. The maximum Gasteiger partial charge on any atom is 0.338 e. The molecule has 1 aromatic carbocycles. The molecular weight excluding hydrogens is 296 g/mol. The Kier molecular flexibility index (Phi) is 11.8. The highest BCUT2D eigenvalue weighted by molar-refractivity contribution is 5.89. The zero-order valence-corrected chi connectivity index (χ0v) is 15.3. The Morgan fingerprint density at radius 1 is 1.00 bits per heavy atom. The van der Waals surface area contributed by atoms with Gasteiger partial charge in [0.15, 0.2) is 0 Å². The molecule has 134 valence electrons. The standard InChI is InChI=1S/C22H34O2/c1-3-5-6-7-8-9-10-11-15-19-21(16-4-2)24-22(23)20-17-13-12-14-18-20/h4,12-14,17-18,21H,2-3,5-11,15-16,19H2,1H3/t21-/m0/s1. The van der Waals surface area contributed by atoms with Gasteiger partial charge in [-0.2, -0.15) is 0 Å². The van der Waals surface area contributed by atoms with Crippen molar-refractivity contribution in [2.45, 2.75) is 83.7 Å². The van der Waals surface area contributed by atoms with E-state index in [9.17, 15) is 4.79 Å². The maximum atomic E-state index is 12.1. The predicted octanol–water partition coefficient (Wildman–Crippen LogP) is 6.71. The molecule has 0 saturated heterocycles. The van der Waals surface area contributed by atoms with E-state index in [1.54, 1.807) is 12.1 Å². The highest BCUT2D eigenvalue weighted by Crippen LogP contribution is 2.15. The van der Waals surface area contributed by atoms with Crippen molar-refractivity contribution in [3.05, 3.63) is 48.6 Å². The van der Waals surface area contributed by atoms with Gasteiger partial charge < -0.3 is 4.74 Å². The van der Waals surface area contributed by atoms with Crippen LogP contribution >= 0.6 is 0 Å². The molecule has 0 aliphatic heterocycles. The third-order valence-electron chi connectivity index (χ3n) is 4.34. The molecular formula is C22H34O2. The Morgan fingerprint density at radius 2 is 1.58 bits per heavy atom. The molecule has 0 spiro atoms. The van der Waals surface area contributed by atoms with Crippen molar-refractivity contribution in [3.63, 3.8) is 0 Å². The van der Waals surface area contributed by atoms with Crippen molar-refractivity contribution in [1.29, 1.82) is 0 Å². The number of esters is 1. The topological polar surface area (TPSA) is 26.3 Å². The first kappa shape index (κ1) is 20.5. The molecule has 1 atom stereocenters. The van der Waals surface area contributed by atoms with Gasteiger partial charge in [-0.05, 0) is 25.0 Å². The van der Waals surface area contributed by atoms with Crippen LogP contribution < -0.4 is 0 Å². The zero-order valence-electron chi connectivity index (χ0n) is 15.3. The predicted molar refractivity (Wildman–Crippen MR) is 102 cm³/mol. The van der Waals surface area contributed by atoms with Crippen LogP contribution in [0.4, 0.5) is 0 Å². The van der Waals surface area contributed by atoms with E-state index in [2.05, 4.69) is 13.5 Å². The Hall–Kier alpha value is -1.57. The molecule has 0 aliphatic carbocycles. The van der Waals surface area contributed by atoms with Crippen molar-refractivity contribution in [1.82, 2.24) is 0 Å². The van der Waals surface area contributed by atoms with E-state index in [0.717, 1.165) is 19.3 Å². The van der Waals surface area contributed by atoms with Crippen LogP contribution in [0.2, 0.25) is 0 Å². The van der Waals surface area contributed by atoms with Crippen LogP contribution in [0.3, 0.4) is 0 Å². The fourth-order valence-electron chi connectivity index (χ4n) is 2.89. The minimum atomic E-state index is -0.224. The summed E-state index contributed by atoms with van der Waals surface area (Å²) >= 11 is 0. The second-order valence-corrected chi connectivity index (χ2v) is 6.53. The van der Waals surface area contributed by atoms with E-state index in [4.69, 9.17) is 4.74 Å². The summed E-state index contributed by atoms with van der Waals surface area (Å²) in [5.41, 5.74) is 0.624. The maximum absolute atomic E-state index is 12.1. The van der Waals surface area contributed by atoms with Gasteiger partial charge in [0.25, 0.3) is 0 Å². The van der Waals surface area contributed by atoms with Crippen LogP contribution in [0.15, 0.2) is 43.0 Å². The van der Waals surface area contributed by atoms with E-state index >= 15 is 0 Å². The summed E-state index contributed by atoms with van der Waals surface area (Å²) in [5, 5.41) is 0. The summed E-state index contributed by atoms with van der Waals surface area (Å²) in [7, 11) is 0. The number of rotatable bonds is 14. The summed E-state index contributed by atoms with van der Waals surface area (Å²) in [4.78, 5) is 12.1. The molecule has 0 saturated carbocycles. The number of ether oxygens (including phenoxy) is 1. The summed E-state index contributed by atoms with van der Waals surface area (Å²) in [6.07, 6.45) is 15.2. The van der Waals surface area contributed by atoms with Crippen molar-refractivity contribution >= 4 is 5.97 Å². The Bertz CT molecular complexity index is 439. The highest BCUT2D eigenvalue weighted by Gasteiger charge is 2.14. The van der Waals surface area contributed by atoms with Gasteiger partial charge >= 0.3 is 5.97 Å². The normalized spacial score (nSPS) is 11.9. The number of unbranched alkanes of at least 4 members (excludes halogenated alkanes) is 8. The molecule has 0 fully saturated rings. The van der Waals surface area contributed by atoms with Crippen LogP contribution in [0, 0.1) is 0 Å². The number of hydrogen-bond acceptors (Lipinski definition) is 2. The SMILES string of the molecule is C=CC[C@@H](CCCCCCCCCCC)OC(=O)c1ccccc1. The zero-order chi connectivity index (χ0) is 17.5. The molecule has 1 rings (SSSR count). The van der Waals surface area contributed by atoms with Gasteiger partial charge in [-0.1, -0.05) is 82.6 Å². The van der Waals surface area contributed by atoms with Crippen LogP contribution in [0.5, 0.6) is 0 Å². The van der Waals surface area contributed by atoms with Gasteiger partial charge in [-0.25, -0.2) is 4.79 Å². The summed E-state index contributed by atoms with van der Waals surface area (Å²) < 4.78 is 5.64. The lowest BCUT2D eigenvalue weighted by Crippen LogP contribution is -2.17. The van der Waals surface area contributed by atoms with E-state index in [1.807, 2.05) is 24.3 Å². The molecule has 0 bridgehead atoms. The lowest BCUT2D eigenvalue weighted by Gasteiger charge is -2.16. The van der Waals surface area contributed by atoms with E-state index in [0.29, 0.717) is 5.56 Å². The highest BCUT2D eigenvalue weighted by atomic mass is 16.5. The van der Waals surface area contributed by atoms with Crippen LogP contribution in [-0.4, -0.2) is 12.1 Å². The van der Waals surface area contributed by atoms with Gasteiger partial charge in [0.2, 0.25) is 0 Å². The minimum Gasteiger partial charge on any atom is -0.458 e. The molecule has 24 heavy (non-hydrogen) atoms. The van der Waals surface area contributed by atoms with Gasteiger partial charge in [-0.15, -0.1) is 6.58 Å². The van der Waals surface area contributed by atoms with Gasteiger partial charge in [0, 0.05) is 6.42 Å². The fraction of sp³-hybridized carbons (Fsp3) is 0.591. The number of carbonyl (C=O) groups excluding carboxylic acids is 1. The number of hydrogen-bond donors (Lipinski definition) is 0. The summed E-state index contributed by atoms with van der Waals surface area (Å²) in [5.74, 6) is -0.224. The van der Waals surface area contributed by atoms with Gasteiger partial charge in [-0.3, -0.25) is 0 Å². The molecule has 0 N–H and O–H groups in total. The summed E-state index contributed by atoms with van der Waals surface area (Å²) in [6.45, 7) is 6.04. The average molecular weight is 331 g/mol. The number of benzene rings is 1. The largest absolute Gasteiger partial charge is 0.458 e. The quantitative estimate of drug-likeness (QED) is 0.215. The lowest BCUT2D eigenvalue weighted by molar-refractivity contribution is 0.0283. The monoisotopic (exact) mass is 330 g/mol. The van der Waals surface area contributed by atoms with Crippen LogP contribution in [0.1, 0.15) is 87.9 Å². The third-order valence-corrected chi connectivity index (χ3v) is 4.34. The third kappa shape index (κ3) is 9.54. The Morgan fingerprint density at radius 3 is 2.17 bits per heavy atom. The molecule has 0 amide bonds. The molecule has 0 heterocycles. The van der Waals surface area contributed by atoms with Gasteiger partial charge in [0.1, 0.15) is 6.10 Å². The Balaban J connectivity index is 2.17. The van der Waals surface area contributed by atoms with E-state index < -0.39 is 0 Å². The van der Waals surface area contributed by atoms with Crippen molar-refractivity contribution in [3.8, 4) is 0 Å². The molecule has 0 aliphatic rings. The summed E-state index contributed by atoms with van der Waals surface area (Å²) in [6, 6.07) is 9.22. The molecule has 0 radical (unpaired) electrons. The second-order valence-electron chi connectivity index (χ2n) is 6.53. The lowest BCUT2D eigenvalue weighted by atomic mass is 10.0. The molecule has 2 heteroatoms. The average Bonchev–Trinajstić information content (AvgIpc) is 2.61. The van der Waals surface area contributed by atoms with Crippen molar-refractivity contribution in [2.75, 3.05) is 0 Å². The number of carbonyl (C=O) groups is 1.